The molecule has 1 aromatic heterocycles. The highest BCUT2D eigenvalue weighted by Gasteiger charge is 2.23. The molecule has 0 unspecified atom stereocenters. The summed E-state index contributed by atoms with van der Waals surface area (Å²) in [5.41, 5.74) is 0.662. The van der Waals surface area contributed by atoms with Crippen LogP contribution < -0.4 is 5.32 Å². The monoisotopic (exact) mass is 409 g/mol. The normalized spacial score (nSPS) is 13.1. The molecular formula is C22H39N3O2S. The van der Waals surface area contributed by atoms with Crippen molar-refractivity contribution in [2.75, 3.05) is 13.1 Å². The van der Waals surface area contributed by atoms with Gasteiger partial charge in [0, 0.05) is 24.9 Å². The van der Waals surface area contributed by atoms with Gasteiger partial charge in [-0.15, -0.1) is 11.3 Å². The predicted octanol–water partition coefficient (Wildman–Crippen LogP) is 4.98. The Bertz CT molecular complexity index is 632. The van der Waals surface area contributed by atoms with Crippen molar-refractivity contribution in [3.8, 4) is 0 Å². The molecule has 0 bridgehead atoms. The van der Waals surface area contributed by atoms with Crippen LogP contribution in [0.2, 0.25) is 0 Å². The number of rotatable bonds is 10. The van der Waals surface area contributed by atoms with Crippen LogP contribution in [0.3, 0.4) is 0 Å². The molecule has 160 valence electrons. The Morgan fingerprint density at radius 1 is 1.14 bits per heavy atom. The van der Waals surface area contributed by atoms with Gasteiger partial charge >= 0.3 is 0 Å². The summed E-state index contributed by atoms with van der Waals surface area (Å²) in [5, 5.41) is 5.49. The number of hydrogen-bond donors (Lipinski definition) is 1. The maximum atomic E-state index is 12.9. The van der Waals surface area contributed by atoms with E-state index in [4.69, 9.17) is 0 Å². The summed E-state index contributed by atoms with van der Waals surface area (Å²) < 4.78 is 0. The van der Waals surface area contributed by atoms with Crippen LogP contribution in [0, 0.1) is 23.2 Å². The van der Waals surface area contributed by atoms with Crippen molar-refractivity contribution in [1.82, 2.24) is 15.2 Å². The Morgan fingerprint density at radius 3 is 2.32 bits per heavy atom. The van der Waals surface area contributed by atoms with Crippen molar-refractivity contribution < 1.29 is 9.59 Å². The van der Waals surface area contributed by atoms with Gasteiger partial charge in [0.05, 0.1) is 6.54 Å². The van der Waals surface area contributed by atoms with Gasteiger partial charge in [-0.3, -0.25) is 9.59 Å². The Labute approximate surface area is 175 Å². The number of thiazole rings is 1. The maximum Gasteiger partial charge on any atom is 0.270 e. The lowest BCUT2D eigenvalue weighted by Gasteiger charge is -2.27. The van der Waals surface area contributed by atoms with E-state index in [0.717, 1.165) is 11.4 Å². The van der Waals surface area contributed by atoms with Crippen LogP contribution >= 0.6 is 11.3 Å². The van der Waals surface area contributed by atoms with Gasteiger partial charge in [0.2, 0.25) is 5.91 Å². The van der Waals surface area contributed by atoms with Crippen LogP contribution in [0.4, 0.5) is 0 Å². The van der Waals surface area contributed by atoms with Crippen LogP contribution in [-0.2, 0) is 11.3 Å². The summed E-state index contributed by atoms with van der Waals surface area (Å²) in [6.45, 7) is 18.9. The Hall–Kier alpha value is -1.43. The zero-order chi connectivity index (χ0) is 21.5. The molecule has 6 heteroatoms. The van der Waals surface area contributed by atoms with E-state index in [0.29, 0.717) is 49.5 Å². The Kier molecular flexibility index (Phi) is 9.61. The molecule has 5 nitrogen and oxygen atoms in total. The summed E-state index contributed by atoms with van der Waals surface area (Å²) in [6.07, 6.45) is 1.57. The third-order valence-corrected chi connectivity index (χ3v) is 5.04. The van der Waals surface area contributed by atoms with E-state index in [1.54, 1.807) is 5.38 Å². The molecule has 0 aromatic carbocycles. The molecule has 1 heterocycles. The molecular weight excluding hydrogens is 370 g/mol. The number of carbonyl (C=O) groups excluding carboxylic acids is 2. The summed E-state index contributed by atoms with van der Waals surface area (Å²) in [7, 11) is 0. The first-order valence-corrected chi connectivity index (χ1v) is 11.3. The molecule has 0 aliphatic carbocycles. The summed E-state index contributed by atoms with van der Waals surface area (Å²) in [5.74, 6) is 1.16. The van der Waals surface area contributed by atoms with E-state index in [9.17, 15) is 9.59 Å². The number of nitrogens with one attached hydrogen (secondary N) is 1. The van der Waals surface area contributed by atoms with E-state index in [1.807, 2.05) is 4.90 Å². The third kappa shape index (κ3) is 9.67. The first-order chi connectivity index (χ1) is 12.9. The van der Waals surface area contributed by atoms with Gasteiger partial charge in [-0.1, -0.05) is 55.4 Å². The SMILES string of the molecule is CC(C)CNC(=O)c1csc(CN(CC(C)C)C(=O)C[C@@H](C)CC(C)(C)C)n1. The standard InChI is InChI=1S/C22H39N3O2S/c1-15(2)11-23-21(27)18-14-28-19(24-18)13-25(12-16(3)4)20(26)9-17(5)10-22(6,7)8/h14-17H,9-13H2,1-8H3,(H,23,27)/t17-/m1/s1. The molecule has 0 radical (unpaired) electrons. The topological polar surface area (TPSA) is 62.3 Å². The molecule has 0 aliphatic rings. The minimum atomic E-state index is -0.142. The molecule has 28 heavy (non-hydrogen) atoms. The Morgan fingerprint density at radius 2 is 1.79 bits per heavy atom. The molecule has 0 aliphatic heterocycles. The molecule has 0 fully saturated rings. The van der Waals surface area contributed by atoms with Gasteiger partial charge in [-0.25, -0.2) is 4.98 Å². The minimum absolute atomic E-state index is 0.142. The van der Waals surface area contributed by atoms with E-state index in [1.165, 1.54) is 11.3 Å². The first kappa shape index (κ1) is 24.6. The van der Waals surface area contributed by atoms with Gasteiger partial charge < -0.3 is 10.2 Å². The predicted molar refractivity (Wildman–Crippen MR) is 117 cm³/mol. The van der Waals surface area contributed by atoms with Gasteiger partial charge in [-0.2, -0.15) is 0 Å². The second kappa shape index (κ2) is 10.9. The lowest BCUT2D eigenvalue weighted by Crippen LogP contribution is -2.35. The van der Waals surface area contributed by atoms with E-state index in [2.05, 4.69) is 65.7 Å². The number of aromatic nitrogens is 1. The number of hydrogen-bond acceptors (Lipinski definition) is 4. The van der Waals surface area contributed by atoms with Crippen LogP contribution in [-0.4, -0.2) is 34.8 Å². The molecule has 2 amide bonds. The molecule has 1 aromatic rings. The smallest absolute Gasteiger partial charge is 0.270 e. The summed E-state index contributed by atoms with van der Waals surface area (Å²) in [4.78, 5) is 31.5. The quantitative estimate of drug-likeness (QED) is 0.593. The van der Waals surface area contributed by atoms with E-state index >= 15 is 0 Å². The lowest BCUT2D eigenvalue weighted by atomic mass is 9.84. The third-order valence-electron chi connectivity index (χ3n) is 4.20. The number of amides is 2. The second-order valence-corrected chi connectivity index (χ2v) is 10.9. The van der Waals surface area contributed by atoms with Crippen molar-refractivity contribution in [2.24, 2.45) is 23.2 Å². The van der Waals surface area contributed by atoms with Crippen molar-refractivity contribution in [1.29, 1.82) is 0 Å². The zero-order valence-corrected chi connectivity index (χ0v) is 19.8. The molecule has 1 N–H and O–H groups in total. The maximum absolute atomic E-state index is 12.9. The average Bonchev–Trinajstić information content (AvgIpc) is 2.98. The zero-order valence-electron chi connectivity index (χ0n) is 19.0. The lowest BCUT2D eigenvalue weighted by molar-refractivity contribution is -0.133. The minimum Gasteiger partial charge on any atom is -0.350 e. The van der Waals surface area contributed by atoms with Crippen molar-refractivity contribution in [2.45, 2.75) is 74.8 Å². The van der Waals surface area contributed by atoms with Crippen LogP contribution in [0.1, 0.15) is 83.7 Å². The molecule has 1 atom stereocenters. The van der Waals surface area contributed by atoms with E-state index < -0.39 is 0 Å². The highest BCUT2D eigenvalue weighted by molar-refractivity contribution is 7.09. The van der Waals surface area contributed by atoms with Crippen molar-refractivity contribution in [3.05, 3.63) is 16.1 Å². The fraction of sp³-hybridized carbons (Fsp3) is 0.773. The van der Waals surface area contributed by atoms with Crippen LogP contribution in [0.25, 0.3) is 0 Å². The molecule has 0 saturated heterocycles. The Balaban J connectivity index is 2.76. The molecule has 0 spiro atoms. The van der Waals surface area contributed by atoms with Gasteiger partial charge in [0.25, 0.3) is 5.91 Å². The largest absolute Gasteiger partial charge is 0.350 e. The van der Waals surface area contributed by atoms with Crippen molar-refractivity contribution in [3.63, 3.8) is 0 Å². The molecule has 0 saturated carbocycles. The fourth-order valence-electron chi connectivity index (χ4n) is 3.28. The van der Waals surface area contributed by atoms with E-state index in [-0.39, 0.29) is 17.2 Å². The summed E-state index contributed by atoms with van der Waals surface area (Å²) >= 11 is 1.45. The first-order valence-electron chi connectivity index (χ1n) is 10.4. The second-order valence-electron chi connectivity index (χ2n) is 9.97. The highest BCUT2D eigenvalue weighted by Crippen LogP contribution is 2.27. The number of carbonyl (C=O) groups is 2. The highest BCUT2D eigenvalue weighted by atomic mass is 32.1. The van der Waals surface area contributed by atoms with Crippen LogP contribution in [0.5, 0.6) is 0 Å². The van der Waals surface area contributed by atoms with Gasteiger partial charge in [0.1, 0.15) is 10.7 Å². The summed E-state index contributed by atoms with van der Waals surface area (Å²) in [6, 6.07) is 0. The van der Waals surface area contributed by atoms with Crippen molar-refractivity contribution >= 4 is 23.2 Å². The van der Waals surface area contributed by atoms with Gasteiger partial charge in [0.15, 0.2) is 0 Å². The fourth-order valence-corrected chi connectivity index (χ4v) is 4.07. The van der Waals surface area contributed by atoms with Crippen LogP contribution in [0.15, 0.2) is 5.38 Å². The van der Waals surface area contributed by atoms with Gasteiger partial charge in [-0.05, 0) is 29.6 Å². The number of nitrogens with zero attached hydrogens (tertiary/aromatic N) is 2. The molecule has 1 rings (SSSR count). The average molecular weight is 410 g/mol.